The van der Waals surface area contributed by atoms with Gasteiger partial charge >= 0.3 is 0 Å². The van der Waals surface area contributed by atoms with Gasteiger partial charge in [0.2, 0.25) is 5.78 Å². The summed E-state index contributed by atoms with van der Waals surface area (Å²) in [5, 5.41) is 10.2. The van der Waals surface area contributed by atoms with Crippen LogP contribution in [0.3, 0.4) is 0 Å². The third-order valence-corrected chi connectivity index (χ3v) is 10.7. The van der Waals surface area contributed by atoms with Crippen molar-refractivity contribution in [2.75, 3.05) is 0 Å². The molecule has 3 fully saturated rings. The third kappa shape index (κ3) is 2.41. The van der Waals surface area contributed by atoms with E-state index in [1.54, 1.807) is 6.08 Å². The fourth-order valence-corrected chi connectivity index (χ4v) is 8.39. The van der Waals surface area contributed by atoms with Gasteiger partial charge in [-0.3, -0.25) is 9.59 Å². The Kier molecular flexibility index (Phi) is 4.14. The van der Waals surface area contributed by atoms with Crippen LogP contribution < -0.4 is 0 Å². The second-order valence-electron chi connectivity index (χ2n) is 12.1. The minimum absolute atomic E-state index is 0.0350. The highest BCUT2D eigenvalue weighted by atomic mass is 16.3. The molecule has 166 valence electrons. The molecule has 0 aliphatic heterocycles. The van der Waals surface area contributed by atoms with Crippen molar-refractivity contribution in [3.05, 3.63) is 46.3 Å². The molecular formula is C28H36O3. The van der Waals surface area contributed by atoms with Gasteiger partial charge in [0.15, 0.2) is 5.76 Å². The number of hydrogen-bond acceptors (Lipinski definition) is 3. The molecule has 0 aromatic carbocycles. The summed E-state index contributed by atoms with van der Waals surface area (Å²) in [6, 6.07) is 0. The molecule has 0 radical (unpaired) electrons. The van der Waals surface area contributed by atoms with Gasteiger partial charge < -0.3 is 5.11 Å². The summed E-state index contributed by atoms with van der Waals surface area (Å²) in [5.41, 5.74) is 4.37. The van der Waals surface area contributed by atoms with E-state index in [2.05, 4.69) is 46.8 Å². The predicted octanol–water partition coefficient (Wildman–Crippen LogP) is 6.42. The molecular weight excluding hydrogens is 384 g/mol. The van der Waals surface area contributed by atoms with Crippen molar-refractivity contribution in [1.82, 2.24) is 0 Å². The van der Waals surface area contributed by atoms with Crippen LogP contribution in [0.15, 0.2) is 46.3 Å². The summed E-state index contributed by atoms with van der Waals surface area (Å²) in [4.78, 5) is 25.2. The largest absolute Gasteiger partial charge is 0.504 e. The van der Waals surface area contributed by atoms with E-state index in [4.69, 9.17) is 0 Å². The second kappa shape index (κ2) is 6.11. The number of ketones is 2. The van der Waals surface area contributed by atoms with E-state index in [0.29, 0.717) is 17.3 Å². The van der Waals surface area contributed by atoms with E-state index in [-0.39, 0.29) is 39.1 Å². The zero-order valence-electron chi connectivity index (χ0n) is 19.9. The molecule has 3 saturated carbocycles. The van der Waals surface area contributed by atoms with Crippen LogP contribution >= 0.6 is 0 Å². The lowest BCUT2D eigenvalue weighted by molar-refractivity contribution is -0.161. The molecule has 1 N–H and O–H groups in total. The number of Topliss-reactive ketones (excluding diaryl/α,β-unsaturated/α-hetero) is 1. The van der Waals surface area contributed by atoms with Gasteiger partial charge in [0, 0.05) is 23.3 Å². The molecule has 5 aliphatic carbocycles. The normalized spacial score (nSPS) is 46.8. The van der Waals surface area contributed by atoms with Crippen molar-refractivity contribution in [2.45, 2.75) is 80.1 Å². The topological polar surface area (TPSA) is 54.4 Å². The molecule has 0 unspecified atom stereocenters. The fraction of sp³-hybridized carbons (Fsp3) is 0.643. The molecule has 3 nitrogen and oxygen atoms in total. The van der Waals surface area contributed by atoms with Crippen molar-refractivity contribution in [1.29, 1.82) is 0 Å². The van der Waals surface area contributed by atoms with Gasteiger partial charge in [-0.25, -0.2) is 0 Å². The van der Waals surface area contributed by atoms with Crippen LogP contribution in [0, 0.1) is 33.5 Å². The lowest BCUT2D eigenvalue weighted by atomic mass is 9.35. The summed E-state index contributed by atoms with van der Waals surface area (Å²) in [5.74, 6) is 0.767. The van der Waals surface area contributed by atoms with Crippen LogP contribution in [0.4, 0.5) is 0 Å². The Morgan fingerprint density at radius 3 is 2.42 bits per heavy atom. The number of rotatable bonds is 0. The molecule has 0 bridgehead atoms. The van der Waals surface area contributed by atoms with Gasteiger partial charge in [0.25, 0.3) is 0 Å². The maximum Gasteiger partial charge on any atom is 0.220 e. The lowest BCUT2D eigenvalue weighted by Gasteiger charge is -2.69. The van der Waals surface area contributed by atoms with E-state index < -0.39 is 0 Å². The smallest absolute Gasteiger partial charge is 0.220 e. The highest BCUT2D eigenvalue weighted by molar-refractivity contribution is 6.06. The maximum atomic E-state index is 12.6. The third-order valence-electron chi connectivity index (χ3n) is 10.7. The van der Waals surface area contributed by atoms with E-state index in [1.165, 1.54) is 5.57 Å². The summed E-state index contributed by atoms with van der Waals surface area (Å²) in [6.07, 6.45) is 12.2. The van der Waals surface area contributed by atoms with Crippen LogP contribution in [0.5, 0.6) is 0 Å². The molecule has 0 amide bonds. The zero-order valence-corrected chi connectivity index (χ0v) is 19.9. The van der Waals surface area contributed by atoms with Gasteiger partial charge in [0.1, 0.15) is 5.78 Å². The highest BCUT2D eigenvalue weighted by Crippen LogP contribution is 2.74. The minimum Gasteiger partial charge on any atom is -0.504 e. The monoisotopic (exact) mass is 420 g/mol. The minimum atomic E-state index is -0.263. The molecule has 31 heavy (non-hydrogen) atoms. The Hall–Kier alpha value is -1.90. The highest BCUT2D eigenvalue weighted by Gasteiger charge is 2.66. The average Bonchev–Trinajstić information content (AvgIpc) is 2.71. The van der Waals surface area contributed by atoms with Crippen molar-refractivity contribution in [3.8, 4) is 0 Å². The zero-order chi connectivity index (χ0) is 22.6. The predicted molar refractivity (Wildman–Crippen MR) is 122 cm³/mol. The fourth-order valence-electron chi connectivity index (χ4n) is 8.39. The van der Waals surface area contributed by atoms with Crippen molar-refractivity contribution < 1.29 is 14.7 Å². The van der Waals surface area contributed by atoms with E-state index in [1.807, 2.05) is 6.92 Å². The average molecular weight is 421 g/mol. The number of aliphatic hydroxyl groups is 1. The number of fused-ring (bicyclic) bond motifs is 7. The number of carbonyl (C=O) groups excluding carboxylic acids is 2. The Balaban J connectivity index is 1.65. The van der Waals surface area contributed by atoms with Gasteiger partial charge in [0.05, 0.1) is 0 Å². The Morgan fingerprint density at radius 2 is 1.71 bits per heavy atom. The molecule has 0 heterocycles. The van der Waals surface area contributed by atoms with Gasteiger partial charge in [-0.15, -0.1) is 0 Å². The van der Waals surface area contributed by atoms with E-state index >= 15 is 0 Å². The van der Waals surface area contributed by atoms with E-state index in [0.717, 1.165) is 49.7 Å². The molecule has 3 heteroatoms. The van der Waals surface area contributed by atoms with E-state index in [9.17, 15) is 14.7 Å². The Bertz CT molecular complexity index is 1040. The van der Waals surface area contributed by atoms with Crippen LogP contribution in [0.2, 0.25) is 0 Å². The first-order chi connectivity index (χ1) is 14.4. The SMILES string of the molecule is CC1=C(O)C(=O)C=C2C1=CC=C1[C@]2(C)CC[C@]2(C)[C@H]3C[C@H](C)C(=O)C[C@@]3(C)CC[C@@]12C. The van der Waals surface area contributed by atoms with Crippen molar-refractivity contribution in [2.24, 2.45) is 33.5 Å². The second-order valence-corrected chi connectivity index (χ2v) is 12.1. The Morgan fingerprint density at radius 1 is 1.00 bits per heavy atom. The quantitative estimate of drug-likeness (QED) is 0.492. The first-order valence-corrected chi connectivity index (χ1v) is 12.0. The van der Waals surface area contributed by atoms with Crippen molar-refractivity contribution >= 4 is 11.6 Å². The molecule has 0 aromatic heterocycles. The molecule has 0 spiro atoms. The maximum absolute atomic E-state index is 12.6. The molecule has 5 aliphatic rings. The number of aliphatic hydroxyl groups excluding tert-OH is 1. The summed E-state index contributed by atoms with van der Waals surface area (Å²) < 4.78 is 0. The summed E-state index contributed by atoms with van der Waals surface area (Å²) in [7, 11) is 0. The first-order valence-electron chi connectivity index (χ1n) is 12.0. The number of hydrogen-bond donors (Lipinski definition) is 1. The van der Waals surface area contributed by atoms with Gasteiger partial charge in [-0.1, -0.05) is 52.3 Å². The van der Waals surface area contributed by atoms with Gasteiger partial charge in [-0.2, -0.15) is 0 Å². The molecule has 6 atom stereocenters. The Labute approximate surface area is 186 Å². The van der Waals surface area contributed by atoms with Gasteiger partial charge in [-0.05, 0) is 78.4 Å². The lowest BCUT2D eigenvalue weighted by Crippen LogP contribution is -2.61. The van der Waals surface area contributed by atoms with Crippen LogP contribution in [-0.4, -0.2) is 16.7 Å². The molecule has 5 rings (SSSR count). The van der Waals surface area contributed by atoms with Crippen molar-refractivity contribution in [3.63, 3.8) is 0 Å². The van der Waals surface area contributed by atoms with Crippen LogP contribution in [-0.2, 0) is 9.59 Å². The van der Waals surface area contributed by atoms with Crippen LogP contribution in [0.25, 0.3) is 0 Å². The van der Waals surface area contributed by atoms with Crippen LogP contribution in [0.1, 0.15) is 80.1 Å². The molecule has 0 saturated heterocycles. The standard InChI is InChI=1S/C28H36O3/c1-16-13-23-25(3,15-21(16)30)9-11-27(5)22-8-7-18-17(2)24(31)20(29)14-19(18)26(22,4)10-12-28(23,27)6/h7-8,14,16,23,31H,9-13,15H2,1-6H3/t16-,23-,25+,26+,27-,28+/m0/s1. The molecule has 0 aromatic rings. The number of carbonyl (C=O) groups is 2. The summed E-state index contributed by atoms with van der Waals surface area (Å²) >= 11 is 0. The number of allylic oxidation sites excluding steroid dienone is 7. The first kappa shape index (κ1) is 21.0. The summed E-state index contributed by atoms with van der Waals surface area (Å²) in [6.45, 7) is 13.6.